The van der Waals surface area contributed by atoms with E-state index in [0.29, 0.717) is 72.4 Å². The second-order valence-electron chi connectivity index (χ2n) is 46.0. The van der Waals surface area contributed by atoms with Gasteiger partial charge in [0.15, 0.2) is 29.8 Å². The zero-order valence-electron chi connectivity index (χ0n) is 89.5. The first-order chi connectivity index (χ1) is 67.4. The molecule has 18 heteroatoms. The number of guanidine groups is 6. The van der Waals surface area contributed by atoms with E-state index in [4.69, 9.17) is 20.7 Å². The van der Waals surface area contributed by atoms with Gasteiger partial charge in [0.05, 0.1) is 24.2 Å². The third kappa shape index (κ3) is 39.6. The van der Waals surface area contributed by atoms with E-state index >= 15 is 0 Å². The largest absolute Gasteiger partial charge is 0.370 e. The fourth-order valence-corrected chi connectivity index (χ4v) is 26.4. The van der Waals surface area contributed by atoms with Crippen molar-refractivity contribution in [3.8, 4) is 0 Å². The quantitative estimate of drug-likeness (QED) is 0.0464. The summed E-state index contributed by atoms with van der Waals surface area (Å²) in [4.78, 5) is 43.9. The molecular weight excluding hydrogens is 1680 g/mol. The fraction of sp³-hybridized carbons (Fsp3) is 0.849. The molecule has 0 amide bonds. The lowest BCUT2D eigenvalue weighted by Gasteiger charge is -2.52. The van der Waals surface area contributed by atoms with Crippen molar-refractivity contribution in [1.29, 1.82) is 0 Å². The number of benzene rings is 2. The number of anilines is 2. The van der Waals surface area contributed by atoms with Crippen molar-refractivity contribution in [3.05, 3.63) is 60.7 Å². The molecule has 0 spiro atoms. The van der Waals surface area contributed by atoms with Gasteiger partial charge >= 0.3 is 0 Å². The van der Waals surface area contributed by atoms with Gasteiger partial charge in [-0.15, -0.1) is 0 Å². The summed E-state index contributed by atoms with van der Waals surface area (Å²) in [5.41, 5.74) is 8.32. The predicted octanol–water partition coefficient (Wildman–Crippen LogP) is 29.1. The highest BCUT2D eigenvalue weighted by Crippen LogP contribution is 2.40. The van der Waals surface area contributed by atoms with Gasteiger partial charge in [-0.1, -0.05) is 325 Å². The number of aliphatic imine (C=N–C) groups is 6. The Morgan fingerprint density at radius 1 is 0.285 bits per heavy atom. The van der Waals surface area contributed by atoms with E-state index in [1.54, 1.807) is 5.96 Å². The summed E-state index contributed by atoms with van der Waals surface area (Å²) in [5.74, 6) is 6.68. The minimum Gasteiger partial charge on any atom is -0.370 e. The molecule has 15 saturated carbocycles. The molecule has 2 aromatic carbocycles. The molecule has 0 aromatic heterocycles. The van der Waals surface area contributed by atoms with Crippen molar-refractivity contribution in [2.45, 2.75) is 626 Å². The average molecular weight is 1890 g/mol. The van der Waals surface area contributed by atoms with Gasteiger partial charge in [0.25, 0.3) is 0 Å². The van der Waals surface area contributed by atoms with Crippen LogP contribution in [0.2, 0.25) is 0 Å². The summed E-state index contributed by atoms with van der Waals surface area (Å²) in [7, 11) is 1.89. The van der Waals surface area contributed by atoms with Crippen LogP contribution in [0, 0.1) is 0 Å². The highest BCUT2D eigenvalue weighted by Gasteiger charge is 2.41. The molecule has 0 atom stereocenters. The molecular formula is C119H210N18. The van der Waals surface area contributed by atoms with E-state index in [2.05, 4.69) is 174 Å². The lowest BCUT2D eigenvalue weighted by molar-refractivity contribution is 0.0911. The Hall–Kier alpha value is -5.94. The van der Waals surface area contributed by atoms with Crippen molar-refractivity contribution in [2.24, 2.45) is 35.7 Å². The van der Waals surface area contributed by atoms with Gasteiger partial charge in [0.2, 0.25) is 5.96 Å². The molecule has 17 rings (SSSR count). The molecule has 15 aliphatic rings. The lowest BCUT2D eigenvalue weighted by atomic mass is 9.86. The molecule has 8 N–H and O–H groups in total. The molecule has 15 aliphatic carbocycles. The van der Waals surface area contributed by atoms with Gasteiger partial charge in [-0.25, -0.2) is 15.0 Å². The topological polar surface area (TPSA) is 189 Å². The van der Waals surface area contributed by atoms with Crippen LogP contribution in [-0.4, -0.2) is 178 Å². The predicted molar refractivity (Wildman–Crippen MR) is 590 cm³/mol. The molecule has 15 fully saturated rings. The first kappa shape index (κ1) is 110. The highest BCUT2D eigenvalue weighted by atomic mass is 15.4. The van der Waals surface area contributed by atoms with Crippen molar-refractivity contribution < 1.29 is 0 Å². The molecule has 0 aliphatic heterocycles. The van der Waals surface area contributed by atoms with E-state index in [1.807, 2.05) is 7.05 Å². The first-order valence-electron chi connectivity index (χ1n) is 60.1. The monoisotopic (exact) mass is 1890 g/mol. The Labute approximate surface area is 840 Å². The summed E-state index contributed by atoms with van der Waals surface area (Å²) < 4.78 is 0. The number of nitrogens with one attached hydrogen (secondary N) is 6. The van der Waals surface area contributed by atoms with Gasteiger partial charge in [0.1, 0.15) is 0 Å². The normalized spacial score (nSPS) is 23.5. The Kier molecular flexibility index (Phi) is 51.8. The van der Waals surface area contributed by atoms with Crippen LogP contribution in [0.25, 0.3) is 0 Å². The Morgan fingerprint density at radius 3 is 0.818 bits per heavy atom. The molecule has 137 heavy (non-hydrogen) atoms. The molecule has 0 saturated heterocycles. The van der Waals surface area contributed by atoms with Crippen molar-refractivity contribution in [1.82, 2.24) is 51.5 Å². The van der Waals surface area contributed by atoms with Gasteiger partial charge in [-0.2, -0.15) is 0 Å². The minimum absolute atomic E-state index is 0.344. The summed E-state index contributed by atoms with van der Waals surface area (Å²) >= 11 is 0. The zero-order valence-corrected chi connectivity index (χ0v) is 89.5. The number of hydrogen-bond donors (Lipinski definition) is 7. The molecule has 2 aromatic rings. The Morgan fingerprint density at radius 2 is 0.533 bits per heavy atom. The second-order valence-corrected chi connectivity index (χ2v) is 46.0. The van der Waals surface area contributed by atoms with Gasteiger partial charge in [0, 0.05) is 110 Å². The molecule has 0 unspecified atom stereocenters. The minimum atomic E-state index is 0.344. The van der Waals surface area contributed by atoms with E-state index < -0.39 is 0 Å². The van der Waals surface area contributed by atoms with Crippen LogP contribution in [0.4, 0.5) is 11.4 Å². The summed E-state index contributed by atoms with van der Waals surface area (Å²) in [6.07, 6.45) is 103. The summed E-state index contributed by atoms with van der Waals surface area (Å²) in [6, 6.07) is 31.9. The first-order valence-corrected chi connectivity index (χ1v) is 60.1. The summed E-state index contributed by atoms with van der Waals surface area (Å²) in [5, 5.41) is 21.9. The van der Waals surface area contributed by atoms with E-state index in [-0.39, 0.29) is 0 Å². The second kappa shape index (κ2) is 64.6. The van der Waals surface area contributed by atoms with E-state index in [0.717, 1.165) is 67.2 Å². The zero-order chi connectivity index (χ0) is 95.3. The van der Waals surface area contributed by atoms with Crippen LogP contribution in [0.1, 0.15) is 523 Å². The maximum Gasteiger partial charge on any atom is 0.203 e. The molecule has 18 nitrogen and oxygen atoms in total. The van der Waals surface area contributed by atoms with Crippen molar-refractivity contribution in [2.75, 3.05) is 25.0 Å². The molecule has 0 heterocycles. The molecule has 0 radical (unpaired) electrons. The fourth-order valence-electron chi connectivity index (χ4n) is 26.4. The van der Waals surface area contributed by atoms with Crippen LogP contribution in [-0.2, 0) is 0 Å². The number of para-hydroxylation sites is 2. The number of rotatable bonds is 21. The van der Waals surface area contributed by atoms with Crippen molar-refractivity contribution >= 4 is 47.1 Å². The van der Waals surface area contributed by atoms with Crippen LogP contribution in [0.3, 0.4) is 0 Å². The van der Waals surface area contributed by atoms with Crippen molar-refractivity contribution in [3.63, 3.8) is 0 Å². The smallest absolute Gasteiger partial charge is 0.203 e. The van der Waals surface area contributed by atoms with Crippen LogP contribution < -0.4 is 42.5 Å². The summed E-state index contributed by atoms with van der Waals surface area (Å²) in [6.45, 7) is 14.8. The van der Waals surface area contributed by atoms with E-state index in [1.165, 1.54) is 499 Å². The molecule has 0 bridgehead atoms. The maximum atomic E-state index is 5.97. The van der Waals surface area contributed by atoms with Crippen LogP contribution >= 0.6 is 0 Å². The number of nitrogens with two attached hydrogens (primary N) is 1. The lowest BCUT2D eigenvalue weighted by Crippen LogP contribution is -2.60. The Bertz CT molecular complexity index is 3420. The third-order valence-electron chi connectivity index (χ3n) is 34.1. The highest BCUT2D eigenvalue weighted by molar-refractivity contribution is 6.03. The van der Waals surface area contributed by atoms with E-state index in [9.17, 15) is 0 Å². The SMILES string of the molecule is C1CCC(N=C(N(C2CCCCC2)C2CCCCC2)N(C2CCCCC2)C2CCCCC2)CC1.C1CCC(N=C(NC2CCCCC2)N(C2CCCCC2)C2CCCCC2)CC1.CCN(CC)C(=NC(C)C)NC(C)C.CN=C(NC1CCCCC1)NC1CCCCC1.NC(=NC1CCCCC1)NC1CCCCC1.c1ccc(N(C(=NC2CCCCC2)NC2CCCCC2)c2ccccc2)cc1. The van der Waals surface area contributed by atoms with Gasteiger partial charge < -0.3 is 57.2 Å². The van der Waals surface area contributed by atoms with Crippen LogP contribution in [0.5, 0.6) is 0 Å². The number of nitrogens with zero attached hydrogens (tertiary/aromatic N) is 11. The Balaban J connectivity index is 0.000000152. The van der Waals surface area contributed by atoms with Gasteiger partial charge in [-0.05, 0) is 258 Å². The molecule has 776 valence electrons. The average Bonchev–Trinajstić information content (AvgIpc) is 0.776. The third-order valence-corrected chi connectivity index (χ3v) is 34.1. The van der Waals surface area contributed by atoms with Crippen LogP contribution in [0.15, 0.2) is 90.6 Å². The number of hydrogen-bond acceptors (Lipinski definition) is 6. The van der Waals surface area contributed by atoms with Gasteiger partial charge in [-0.3, -0.25) is 19.9 Å². The standard InChI is InChI=1S/C31H55N3.C25H45N3.C25H33N3.C14H27N3.C13H25N3.C11H25N3/c1-6-16-26(17-7-1)32-31(33(27-18-8-2-9-19-27)28-20-10-3-11-21-28)34(29-22-12-4-13-23-29)30-24-14-5-15-25-30;2*1-5-13-21(14-6-1)26-25(27-22-15-7-2-8-16-22)28(23-17-9-3-10-18-23)24-19-11-4-12-20-24;1-15-14(16-12-8-4-2-5-9-12)17-13-10-6-3-7-11-13;14-13(15-11-7-3-1-4-8-11)16-12-9-5-2-6-10-12;1-7-14(8-2)11(12-9(3)4)13-10(5)6/h26-30H,1-25H2;21-24H,1-20H2,(H,26,27);3-4,9-12,17-22H,1-2,5-8,13-16H2,(H,26,27);12-13H,2-11H2,1H3,(H2,15,16,17);11-12H,1-10H2,(H3,14,15,16);9-10H,7-8H2,1-6H3,(H,12,13). The maximum absolute atomic E-state index is 5.97.